The number of carbonyl (C=O) groups is 2. The minimum absolute atomic E-state index is 0.255. The first kappa shape index (κ1) is 24.1. The predicted molar refractivity (Wildman–Crippen MR) is 65.0 cm³/mol. The summed E-state index contributed by atoms with van der Waals surface area (Å²) in [5.74, 6) is 0.509. The average molecular weight is 236 g/mol. The summed E-state index contributed by atoms with van der Waals surface area (Å²) < 4.78 is 0. The Morgan fingerprint density at radius 3 is 1.12 bits per heavy atom. The highest BCUT2D eigenvalue weighted by Gasteiger charge is 1.77. The molecule has 0 atom stereocenters. The first-order valence-corrected chi connectivity index (χ1v) is 4.92. The van der Waals surface area contributed by atoms with Gasteiger partial charge in [0.15, 0.2) is 7.05 Å². The summed E-state index contributed by atoms with van der Waals surface area (Å²) in [7, 11) is 2.39. The van der Waals surface area contributed by atoms with Crippen molar-refractivity contribution in [3.8, 4) is 0 Å². The van der Waals surface area contributed by atoms with Crippen molar-refractivity contribution < 1.29 is 14.5 Å². The van der Waals surface area contributed by atoms with Crippen LogP contribution in [0.5, 0.6) is 0 Å². The van der Waals surface area contributed by atoms with E-state index in [0.717, 1.165) is 7.05 Å². The van der Waals surface area contributed by atoms with E-state index in [9.17, 15) is 9.59 Å². The Bertz CT molecular complexity index is 164. The number of hydrogen-bond donors (Lipinski definition) is 1. The monoisotopic (exact) mass is 236 g/mol. The molecule has 0 amide bonds. The number of nitrogens with two attached hydrogens (primary N) is 1. The van der Waals surface area contributed by atoms with Crippen LogP contribution < -0.4 is 5.73 Å². The highest BCUT2D eigenvalue weighted by Crippen LogP contribution is 1.72. The molecule has 6 heteroatoms. The molecule has 98 valence electrons. The Labute approximate surface area is 97.4 Å². The zero-order valence-electron chi connectivity index (χ0n) is 11.1. The van der Waals surface area contributed by atoms with E-state index in [1.165, 1.54) is 7.05 Å². The number of nitrogens with zero attached hydrogens (tertiary/aromatic N) is 1. The van der Waals surface area contributed by atoms with Crippen molar-refractivity contribution in [2.24, 2.45) is 5.73 Å². The summed E-state index contributed by atoms with van der Waals surface area (Å²) in [5, 5.41) is 8.81. The van der Waals surface area contributed by atoms with Crippen molar-refractivity contribution in [1.29, 1.82) is 0 Å². The molecule has 0 heterocycles. The molecule has 16 heavy (non-hydrogen) atoms. The molecule has 0 aromatic carbocycles. The van der Waals surface area contributed by atoms with Crippen LogP contribution in [-0.2, 0) is 9.59 Å². The maximum atomic E-state index is 9.81. The van der Waals surface area contributed by atoms with Gasteiger partial charge in [-0.15, -0.1) is 0 Å². The molecule has 0 aromatic rings. The van der Waals surface area contributed by atoms with E-state index < -0.39 is 4.92 Å². The van der Waals surface area contributed by atoms with Crippen LogP contribution in [0.4, 0.5) is 0 Å². The third kappa shape index (κ3) is 238. The first-order valence-electron chi connectivity index (χ1n) is 4.92. The van der Waals surface area contributed by atoms with Crippen molar-refractivity contribution >= 4 is 11.6 Å². The zero-order valence-corrected chi connectivity index (χ0v) is 11.1. The SMILES string of the molecule is CCC(C)=O.CCC(C)=O.CN.C[N+](=O)[O-]. The molecule has 0 aromatic heterocycles. The third-order valence-electron chi connectivity index (χ3n) is 0.996. The minimum atomic E-state index is -0.500. The van der Waals surface area contributed by atoms with E-state index in [0.29, 0.717) is 12.8 Å². The smallest absolute Gasteiger partial charge is 0.194 e. The molecule has 2 N–H and O–H groups in total. The molecular formula is C10H24N2O4. The Morgan fingerprint density at radius 2 is 1.12 bits per heavy atom. The van der Waals surface area contributed by atoms with Gasteiger partial charge in [0.25, 0.3) is 0 Å². The Hall–Kier alpha value is -1.30. The predicted octanol–water partition coefficient (Wildman–Crippen LogP) is 1.44. The molecule has 0 saturated heterocycles. The molecule has 6 nitrogen and oxygen atoms in total. The molecule has 0 unspecified atom stereocenters. The van der Waals surface area contributed by atoms with E-state index in [1.54, 1.807) is 13.8 Å². The molecule has 0 aliphatic carbocycles. The van der Waals surface area contributed by atoms with Gasteiger partial charge in [0.2, 0.25) is 0 Å². The molecule has 0 aliphatic heterocycles. The van der Waals surface area contributed by atoms with Gasteiger partial charge in [-0.25, -0.2) is 0 Å². The quantitative estimate of drug-likeness (QED) is 0.577. The van der Waals surface area contributed by atoms with Gasteiger partial charge < -0.3 is 15.3 Å². The lowest BCUT2D eigenvalue weighted by Crippen LogP contribution is -1.80. The van der Waals surface area contributed by atoms with Crippen LogP contribution in [0.15, 0.2) is 0 Å². The lowest BCUT2D eigenvalue weighted by Gasteiger charge is -1.71. The largest absolute Gasteiger partial charge is 0.333 e. The second kappa shape index (κ2) is 23.5. The number of ketones is 2. The lowest BCUT2D eigenvalue weighted by atomic mass is 10.4. The summed E-state index contributed by atoms with van der Waals surface area (Å²) >= 11 is 0. The van der Waals surface area contributed by atoms with Gasteiger partial charge >= 0.3 is 0 Å². The van der Waals surface area contributed by atoms with Crippen LogP contribution in [-0.4, -0.2) is 30.6 Å². The minimum Gasteiger partial charge on any atom is -0.333 e. The molecule has 0 aliphatic rings. The van der Waals surface area contributed by atoms with Gasteiger partial charge in [-0.2, -0.15) is 0 Å². The van der Waals surface area contributed by atoms with Crippen LogP contribution in [0, 0.1) is 10.1 Å². The molecular weight excluding hydrogens is 212 g/mol. The van der Waals surface area contributed by atoms with Crippen molar-refractivity contribution in [2.45, 2.75) is 40.5 Å². The first-order chi connectivity index (χ1) is 7.27. The highest BCUT2D eigenvalue weighted by molar-refractivity contribution is 5.75. The fourth-order valence-corrected chi connectivity index (χ4v) is 0. The summed E-state index contributed by atoms with van der Waals surface area (Å²) in [6.45, 7) is 6.87. The number of hydrogen-bond acceptors (Lipinski definition) is 5. The number of Topliss-reactive ketones (excluding diaryl/α,β-unsaturated/α-hetero) is 2. The van der Waals surface area contributed by atoms with Crippen molar-refractivity contribution in [1.82, 2.24) is 0 Å². The highest BCUT2D eigenvalue weighted by atomic mass is 16.6. The second-order valence-corrected chi connectivity index (χ2v) is 2.55. The zero-order chi connectivity index (χ0) is 14.1. The Kier molecular flexibility index (Phi) is 35.4. The Balaban J connectivity index is -0.0000000629. The van der Waals surface area contributed by atoms with E-state index in [1.807, 2.05) is 13.8 Å². The standard InChI is InChI=1S/2C4H8O.CH3NO2.CH5N/c2*1-3-4(2)5;1-2(3)4;1-2/h2*3H2,1-2H3;1H3;2H2,1H3. The van der Waals surface area contributed by atoms with Crippen LogP contribution in [0.25, 0.3) is 0 Å². The van der Waals surface area contributed by atoms with E-state index in [-0.39, 0.29) is 11.6 Å². The maximum Gasteiger partial charge on any atom is 0.194 e. The van der Waals surface area contributed by atoms with Crippen LogP contribution in [0.3, 0.4) is 0 Å². The van der Waals surface area contributed by atoms with Gasteiger partial charge in [0.1, 0.15) is 11.6 Å². The average Bonchev–Trinajstić information content (AvgIpc) is 2.20. The third-order valence-corrected chi connectivity index (χ3v) is 0.996. The van der Waals surface area contributed by atoms with Gasteiger partial charge in [-0.3, -0.25) is 10.1 Å². The molecule has 0 rings (SSSR count). The normalized spacial score (nSPS) is 6.69. The van der Waals surface area contributed by atoms with E-state index in [4.69, 9.17) is 10.1 Å². The van der Waals surface area contributed by atoms with Gasteiger partial charge in [-0.05, 0) is 20.9 Å². The summed E-state index contributed by atoms with van der Waals surface area (Å²) in [4.78, 5) is 27.9. The molecule has 0 fully saturated rings. The Morgan fingerprint density at radius 1 is 1.06 bits per heavy atom. The molecule has 0 bridgehead atoms. The van der Waals surface area contributed by atoms with Crippen molar-refractivity contribution in [3.05, 3.63) is 10.1 Å². The molecule has 0 spiro atoms. The topological polar surface area (TPSA) is 103 Å². The fraction of sp³-hybridized carbons (Fsp3) is 0.800. The van der Waals surface area contributed by atoms with Gasteiger partial charge in [0.05, 0.1) is 0 Å². The lowest BCUT2D eigenvalue weighted by molar-refractivity contribution is -0.445. The number of carbonyl (C=O) groups excluding carboxylic acids is 2. The second-order valence-electron chi connectivity index (χ2n) is 2.55. The maximum absolute atomic E-state index is 9.81. The molecule has 0 radical (unpaired) electrons. The van der Waals surface area contributed by atoms with Crippen LogP contribution >= 0.6 is 0 Å². The molecule has 0 saturated carbocycles. The van der Waals surface area contributed by atoms with Crippen molar-refractivity contribution in [3.63, 3.8) is 0 Å². The van der Waals surface area contributed by atoms with Crippen LogP contribution in [0.1, 0.15) is 40.5 Å². The fourth-order valence-electron chi connectivity index (χ4n) is 0. The van der Waals surface area contributed by atoms with E-state index in [2.05, 4.69) is 5.73 Å². The summed E-state index contributed by atoms with van der Waals surface area (Å²) in [5.41, 5.74) is 4.50. The number of rotatable bonds is 2. The van der Waals surface area contributed by atoms with E-state index >= 15 is 0 Å². The van der Waals surface area contributed by atoms with Gasteiger partial charge in [-0.1, -0.05) is 13.8 Å². The summed E-state index contributed by atoms with van der Waals surface area (Å²) in [6.07, 6.45) is 1.33. The number of nitro groups is 1. The summed E-state index contributed by atoms with van der Waals surface area (Å²) in [6, 6.07) is 0. The van der Waals surface area contributed by atoms with Crippen LogP contribution in [0.2, 0.25) is 0 Å². The van der Waals surface area contributed by atoms with Crippen molar-refractivity contribution in [2.75, 3.05) is 14.1 Å². The van der Waals surface area contributed by atoms with Gasteiger partial charge in [0, 0.05) is 17.8 Å².